The van der Waals surface area contributed by atoms with Gasteiger partial charge < -0.3 is 10.7 Å². The van der Waals surface area contributed by atoms with E-state index in [2.05, 4.69) is 0 Å². The fraction of sp³-hybridized carbons (Fsp3) is 0.111. The van der Waals surface area contributed by atoms with Gasteiger partial charge in [-0.05, 0) is 6.07 Å². The number of non-ortho nitro benzene ring substituents is 1. The monoisotopic (exact) mass is 242 g/mol. The minimum atomic E-state index is -0.533. The summed E-state index contributed by atoms with van der Waals surface area (Å²) in [5, 5.41) is 12.1. The summed E-state index contributed by atoms with van der Waals surface area (Å²) in [5.41, 5.74) is 6.34. The molecule has 6 nitrogen and oxygen atoms in total. The van der Waals surface area contributed by atoms with Gasteiger partial charge in [0.2, 0.25) is 0 Å². The van der Waals surface area contributed by atoms with E-state index in [-0.39, 0.29) is 10.7 Å². The number of nitrogens with zero attached hydrogens (tertiary/aromatic N) is 2. The van der Waals surface area contributed by atoms with Crippen LogP contribution < -0.4 is 11.6 Å². The number of nitrogens with two attached hydrogens (primary N) is 2. The van der Waals surface area contributed by atoms with Gasteiger partial charge in [-0.2, -0.15) is 0 Å². The van der Waals surface area contributed by atoms with Crippen LogP contribution in [0.3, 0.4) is 0 Å². The van der Waals surface area contributed by atoms with Crippen LogP contribution in [0.5, 0.6) is 0 Å². The average molecular weight is 243 g/mol. The first-order chi connectivity index (χ1) is 7.40. The molecule has 1 rings (SSSR count). The Hall–Kier alpha value is -1.79. The van der Waals surface area contributed by atoms with Crippen LogP contribution in [0.4, 0.5) is 5.69 Å². The Balaban J connectivity index is 3.19. The van der Waals surface area contributed by atoms with E-state index >= 15 is 0 Å². The molecule has 0 aliphatic heterocycles. The van der Waals surface area contributed by atoms with Crippen LogP contribution >= 0.6 is 11.6 Å². The maximum absolute atomic E-state index is 10.6. The van der Waals surface area contributed by atoms with Gasteiger partial charge in [-0.1, -0.05) is 11.6 Å². The molecule has 7 heteroatoms. The maximum atomic E-state index is 10.6. The van der Waals surface area contributed by atoms with Crippen LogP contribution in [-0.2, 0) is 0 Å². The smallest absolute Gasteiger partial charge is 0.271 e. The molecule has 4 N–H and O–H groups in total. The average Bonchev–Trinajstić information content (AvgIpc) is 2.15. The van der Waals surface area contributed by atoms with Crippen LogP contribution in [0.25, 0.3) is 5.70 Å². The maximum Gasteiger partial charge on any atom is 0.271 e. The predicted octanol–water partition coefficient (Wildman–Crippen LogP) is 1.31. The molecule has 0 unspecified atom stereocenters. The van der Waals surface area contributed by atoms with Gasteiger partial charge >= 0.3 is 0 Å². The molecule has 0 aliphatic rings. The van der Waals surface area contributed by atoms with E-state index in [1.807, 2.05) is 0 Å². The summed E-state index contributed by atoms with van der Waals surface area (Å²) in [5.74, 6) is 5.38. The van der Waals surface area contributed by atoms with Gasteiger partial charge in [0.25, 0.3) is 5.69 Å². The first-order valence-electron chi connectivity index (χ1n) is 4.30. The Kier molecular flexibility index (Phi) is 3.70. The Morgan fingerprint density at radius 2 is 2.19 bits per heavy atom. The summed E-state index contributed by atoms with van der Waals surface area (Å²) in [6, 6.07) is 4.12. The largest absolute Gasteiger partial charge is 0.397 e. The van der Waals surface area contributed by atoms with E-state index in [0.717, 1.165) is 0 Å². The molecule has 0 spiro atoms. The van der Waals surface area contributed by atoms with Crippen LogP contribution in [0.2, 0.25) is 5.02 Å². The van der Waals surface area contributed by atoms with E-state index in [9.17, 15) is 10.1 Å². The molecular weight excluding hydrogens is 232 g/mol. The van der Waals surface area contributed by atoms with Crippen molar-refractivity contribution in [1.82, 2.24) is 5.01 Å². The standard InChI is InChI=1S/C9H11ClN4O2/c1-13(12)5-9(11)6-2-7(10)4-8(3-6)14(15)16/h2-5H,11-12H2,1H3/b9-5-. The number of hydrazine groups is 1. The van der Waals surface area contributed by atoms with Gasteiger partial charge in [0.15, 0.2) is 0 Å². The lowest BCUT2D eigenvalue weighted by molar-refractivity contribution is -0.384. The normalized spacial score (nSPS) is 11.3. The highest BCUT2D eigenvalue weighted by Crippen LogP contribution is 2.23. The Bertz CT molecular complexity index is 445. The number of nitro benzene ring substituents is 1. The zero-order valence-electron chi connectivity index (χ0n) is 8.55. The second-order valence-corrected chi connectivity index (χ2v) is 3.64. The summed E-state index contributed by atoms with van der Waals surface area (Å²) < 4.78 is 0. The first kappa shape index (κ1) is 12.3. The molecule has 0 amide bonds. The minimum Gasteiger partial charge on any atom is -0.397 e. The minimum absolute atomic E-state index is 0.112. The van der Waals surface area contributed by atoms with Crippen LogP contribution in [0.1, 0.15) is 5.56 Å². The molecule has 1 aromatic rings. The van der Waals surface area contributed by atoms with Crippen molar-refractivity contribution in [1.29, 1.82) is 0 Å². The first-order valence-corrected chi connectivity index (χ1v) is 4.68. The van der Waals surface area contributed by atoms with E-state index in [4.69, 9.17) is 23.2 Å². The number of hydrogen-bond donors (Lipinski definition) is 2. The fourth-order valence-corrected chi connectivity index (χ4v) is 1.37. The zero-order chi connectivity index (χ0) is 12.3. The summed E-state index contributed by atoms with van der Waals surface area (Å²) in [4.78, 5) is 10.1. The van der Waals surface area contributed by atoms with Gasteiger partial charge in [0.1, 0.15) is 0 Å². The lowest BCUT2D eigenvalue weighted by atomic mass is 10.1. The summed E-state index contributed by atoms with van der Waals surface area (Å²) in [6.07, 6.45) is 1.44. The number of nitro groups is 1. The second-order valence-electron chi connectivity index (χ2n) is 3.21. The molecule has 0 atom stereocenters. The SMILES string of the molecule is CN(N)/C=C(\N)c1cc(Cl)cc([N+](=O)[O-])c1. The molecule has 0 heterocycles. The Labute approximate surface area is 97.2 Å². The number of hydrogen-bond acceptors (Lipinski definition) is 5. The van der Waals surface area contributed by atoms with Crippen molar-refractivity contribution in [3.63, 3.8) is 0 Å². The van der Waals surface area contributed by atoms with Crippen molar-refractivity contribution in [2.24, 2.45) is 11.6 Å². The third-order valence-electron chi connectivity index (χ3n) is 1.77. The molecule has 0 saturated heterocycles. The number of halogens is 1. The van der Waals surface area contributed by atoms with E-state index in [1.54, 1.807) is 7.05 Å². The summed E-state index contributed by atoms with van der Waals surface area (Å²) in [7, 11) is 1.59. The molecule has 0 bridgehead atoms. The third kappa shape index (κ3) is 3.11. The van der Waals surface area contributed by atoms with Gasteiger partial charge in [-0.25, -0.2) is 5.84 Å². The van der Waals surface area contributed by atoms with E-state index in [0.29, 0.717) is 11.3 Å². The molecule has 1 aromatic carbocycles. The summed E-state index contributed by atoms with van der Waals surface area (Å²) in [6.45, 7) is 0. The van der Waals surface area contributed by atoms with E-state index < -0.39 is 4.92 Å². The molecular formula is C9H11ClN4O2. The highest BCUT2D eigenvalue weighted by atomic mass is 35.5. The topological polar surface area (TPSA) is 98.4 Å². The molecule has 0 aliphatic carbocycles. The molecule has 0 fully saturated rings. The lowest BCUT2D eigenvalue weighted by Gasteiger charge is -2.08. The lowest BCUT2D eigenvalue weighted by Crippen LogP contribution is -2.20. The van der Waals surface area contributed by atoms with Crippen molar-refractivity contribution >= 4 is 23.0 Å². The zero-order valence-corrected chi connectivity index (χ0v) is 9.31. The van der Waals surface area contributed by atoms with Crippen molar-refractivity contribution in [3.05, 3.63) is 45.1 Å². The van der Waals surface area contributed by atoms with Crippen molar-refractivity contribution in [3.8, 4) is 0 Å². The molecule has 86 valence electrons. The fourth-order valence-electron chi connectivity index (χ4n) is 1.14. The second kappa shape index (κ2) is 4.82. The highest BCUT2D eigenvalue weighted by molar-refractivity contribution is 6.31. The number of benzene rings is 1. The molecule has 16 heavy (non-hydrogen) atoms. The van der Waals surface area contributed by atoms with Crippen molar-refractivity contribution in [2.75, 3.05) is 7.05 Å². The van der Waals surface area contributed by atoms with Gasteiger partial charge in [0.05, 0.1) is 10.6 Å². The predicted molar refractivity (Wildman–Crippen MR) is 62.2 cm³/mol. The van der Waals surface area contributed by atoms with Crippen molar-refractivity contribution in [2.45, 2.75) is 0 Å². The Morgan fingerprint density at radius 3 is 2.69 bits per heavy atom. The third-order valence-corrected chi connectivity index (χ3v) is 1.99. The van der Waals surface area contributed by atoms with Crippen LogP contribution in [0.15, 0.2) is 24.4 Å². The highest BCUT2D eigenvalue weighted by Gasteiger charge is 2.10. The summed E-state index contributed by atoms with van der Waals surface area (Å²) >= 11 is 5.74. The van der Waals surface area contributed by atoms with Crippen molar-refractivity contribution < 1.29 is 4.92 Å². The molecule has 0 radical (unpaired) electrons. The van der Waals surface area contributed by atoms with Crippen LogP contribution in [0, 0.1) is 10.1 Å². The number of rotatable bonds is 3. The van der Waals surface area contributed by atoms with E-state index in [1.165, 1.54) is 29.4 Å². The molecule has 0 saturated carbocycles. The quantitative estimate of drug-likeness (QED) is 0.473. The van der Waals surface area contributed by atoms with Gasteiger partial charge in [0, 0.05) is 36.0 Å². The van der Waals surface area contributed by atoms with Gasteiger partial charge in [-0.15, -0.1) is 0 Å². The van der Waals surface area contributed by atoms with Gasteiger partial charge in [-0.3, -0.25) is 10.1 Å². The Morgan fingerprint density at radius 1 is 1.56 bits per heavy atom. The van der Waals surface area contributed by atoms with Crippen LogP contribution in [-0.4, -0.2) is 17.0 Å². The molecule has 0 aromatic heterocycles.